The van der Waals surface area contributed by atoms with E-state index in [9.17, 15) is 4.79 Å². The number of urea groups is 1. The van der Waals surface area contributed by atoms with Gasteiger partial charge in [0.25, 0.3) is 0 Å². The molecule has 1 unspecified atom stereocenters. The van der Waals surface area contributed by atoms with Gasteiger partial charge in [-0.1, -0.05) is 38.1 Å². The molecule has 0 saturated heterocycles. The molecule has 6 heteroatoms. The normalized spacial score (nSPS) is 16.2. The van der Waals surface area contributed by atoms with E-state index in [1.807, 2.05) is 18.2 Å². The van der Waals surface area contributed by atoms with Gasteiger partial charge in [-0.05, 0) is 41.7 Å². The van der Waals surface area contributed by atoms with Gasteiger partial charge in [0.15, 0.2) is 0 Å². The molecule has 0 fully saturated rings. The number of anilines is 1. The number of aromatic amines is 1. The first-order valence-corrected chi connectivity index (χ1v) is 9.60. The summed E-state index contributed by atoms with van der Waals surface area (Å²) in [5, 5.41) is 13.9. The molecule has 0 saturated carbocycles. The monoisotopic (exact) mass is 378 g/mol. The van der Waals surface area contributed by atoms with Crippen LogP contribution in [0.1, 0.15) is 43.0 Å². The summed E-state index contributed by atoms with van der Waals surface area (Å²) in [6.45, 7) is 5.05. The van der Waals surface area contributed by atoms with Gasteiger partial charge in [-0.3, -0.25) is 5.10 Å². The number of ether oxygens (including phenoxy) is 1. The zero-order valence-corrected chi connectivity index (χ0v) is 16.5. The van der Waals surface area contributed by atoms with Crippen LogP contribution < -0.4 is 10.6 Å². The fourth-order valence-electron chi connectivity index (χ4n) is 4.03. The first kappa shape index (κ1) is 18.5. The standard InChI is InChI=1S/C22H26N4O2/c1-22(2,13-28-3)15-8-9-16-14(11-15)7-10-19(16)25-21(27)24-18-5-4-6-20-17(18)12-23-26-20/h4-6,8-9,11-12,19H,7,10,13H2,1-3H3,(H,23,26)(H2,24,25,27). The van der Waals surface area contributed by atoms with Crippen molar-refractivity contribution in [2.24, 2.45) is 0 Å². The van der Waals surface area contributed by atoms with Crippen molar-refractivity contribution in [2.45, 2.75) is 38.1 Å². The van der Waals surface area contributed by atoms with Gasteiger partial charge in [0.05, 0.1) is 30.0 Å². The number of carbonyl (C=O) groups excluding carboxylic acids is 1. The van der Waals surface area contributed by atoms with Crippen LogP contribution in [0.5, 0.6) is 0 Å². The first-order chi connectivity index (χ1) is 13.5. The Hall–Kier alpha value is -2.86. The fraction of sp³-hybridized carbons (Fsp3) is 0.364. The van der Waals surface area contributed by atoms with Gasteiger partial charge in [0.1, 0.15) is 0 Å². The molecule has 1 aliphatic carbocycles. The zero-order chi connectivity index (χ0) is 19.7. The number of amides is 2. The van der Waals surface area contributed by atoms with Crippen LogP contribution in [-0.2, 0) is 16.6 Å². The highest BCUT2D eigenvalue weighted by molar-refractivity contribution is 6.00. The molecule has 4 rings (SSSR count). The number of benzene rings is 2. The predicted molar refractivity (Wildman–Crippen MR) is 111 cm³/mol. The van der Waals surface area contributed by atoms with Crippen molar-refractivity contribution in [1.82, 2.24) is 15.5 Å². The van der Waals surface area contributed by atoms with Crippen molar-refractivity contribution in [1.29, 1.82) is 0 Å². The van der Waals surface area contributed by atoms with Crippen molar-refractivity contribution in [2.75, 3.05) is 19.0 Å². The highest BCUT2D eigenvalue weighted by atomic mass is 16.5. The Morgan fingerprint density at radius 1 is 1.32 bits per heavy atom. The van der Waals surface area contributed by atoms with Gasteiger partial charge in [-0.25, -0.2) is 4.79 Å². The molecule has 2 amide bonds. The average Bonchev–Trinajstić information content (AvgIpc) is 3.29. The van der Waals surface area contributed by atoms with Crippen LogP contribution in [0.25, 0.3) is 10.9 Å². The lowest BCUT2D eigenvalue weighted by molar-refractivity contribution is 0.146. The minimum Gasteiger partial charge on any atom is -0.384 e. The lowest BCUT2D eigenvalue weighted by atomic mass is 9.84. The van der Waals surface area contributed by atoms with Crippen LogP contribution in [0.15, 0.2) is 42.6 Å². The molecule has 0 bridgehead atoms. The van der Waals surface area contributed by atoms with Crippen LogP contribution in [0.3, 0.4) is 0 Å². The summed E-state index contributed by atoms with van der Waals surface area (Å²) in [4.78, 5) is 12.6. The zero-order valence-electron chi connectivity index (χ0n) is 16.5. The summed E-state index contributed by atoms with van der Waals surface area (Å²) in [7, 11) is 1.73. The number of aryl methyl sites for hydroxylation is 1. The molecule has 28 heavy (non-hydrogen) atoms. The quantitative estimate of drug-likeness (QED) is 0.619. The predicted octanol–water partition coefficient (Wildman–Crippen LogP) is 4.30. The van der Waals surface area contributed by atoms with Crippen LogP contribution >= 0.6 is 0 Å². The molecule has 0 radical (unpaired) electrons. The molecule has 3 aromatic rings. The molecule has 3 N–H and O–H groups in total. The van der Waals surface area contributed by atoms with E-state index < -0.39 is 0 Å². The number of rotatable bonds is 5. The minimum atomic E-state index is -0.199. The van der Waals surface area contributed by atoms with Crippen molar-refractivity contribution >= 4 is 22.6 Å². The van der Waals surface area contributed by atoms with Gasteiger partial charge < -0.3 is 15.4 Å². The third-order valence-electron chi connectivity index (χ3n) is 5.55. The Bertz CT molecular complexity index is 1010. The van der Waals surface area contributed by atoms with Gasteiger partial charge in [-0.2, -0.15) is 5.10 Å². The highest BCUT2D eigenvalue weighted by Crippen LogP contribution is 2.35. The fourth-order valence-corrected chi connectivity index (χ4v) is 4.03. The molecular formula is C22H26N4O2. The number of carbonyl (C=O) groups is 1. The smallest absolute Gasteiger partial charge is 0.319 e. The Morgan fingerprint density at radius 3 is 3.00 bits per heavy atom. The molecule has 6 nitrogen and oxygen atoms in total. The molecule has 146 valence electrons. The summed E-state index contributed by atoms with van der Waals surface area (Å²) in [5.74, 6) is 0. The second-order valence-electron chi connectivity index (χ2n) is 8.06. The molecule has 0 aliphatic heterocycles. The third-order valence-corrected chi connectivity index (χ3v) is 5.55. The maximum Gasteiger partial charge on any atom is 0.319 e. The summed E-state index contributed by atoms with van der Waals surface area (Å²) in [5.41, 5.74) is 5.40. The Labute approximate surface area is 164 Å². The minimum absolute atomic E-state index is 0.0261. The SMILES string of the molecule is COCC(C)(C)c1ccc2c(c1)CCC2NC(=O)Nc1cccc2[nH]ncc12. The number of aromatic nitrogens is 2. The summed E-state index contributed by atoms with van der Waals surface area (Å²) in [6.07, 6.45) is 3.60. The number of hydrogen-bond donors (Lipinski definition) is 3. The van der Waals surface area contributed by atoms with Gasteiger partial charge >= 0.3 is 6.03 Å². The van der Waals surface area contributed by atoms with Crippen LogP contribution in [-0.4, -0.2) is 29.9 Å². The van der Waals surface area contributed by atoms with E-state index >= 15 is 0 Å². The van der Waals surface area contributed by atoms with E-state index in [-0.39, 0.29) is 17.5 Å². The van der Waals surface area contributed by atoms with Crippen LogP contribution in [0.2, 0.25) is 0 Å². The van der Waals surface area contributed by atoms with E-state index in [1.54, 1.807) is 13.3 Å². The Morgan fingerprint density at radius 2 is 2.18 bits per heavy atom. The van der Waals surface area contributed by atoms with E-state index in [1.165, 1.54) is 16.7 Å². The second kappa shape index (κ2) is 7.28. The summed E-state index contributed by atoms with van der Waals surface area (Å²) in [6, 6.07) is 12.1. The van der Waals surface area contributed by atoms with Crippen LogP contribution in [0, 0.1) is 0 Å². The van der Waals surface area contributed by atoms with Crippen LogP contribution in [0.4, 0.5) is 10.5 Å². The van der Waals surface area contributed by atoms with E-state index in [0.717, 1.165) is 29.4 Å². The van der Waals surface area contributed by atoms with E-state index in [2.05, 4.69) is 52.9 Å². The Kier molecular flexibility index (Phi) is 4.81. The summed E-state index contributed by atoms with van der Waals surface area (Å²) >= 11 is 0. The molecular weight excluding hydrogens is 352 g/mol. The largest absolute Gasteiger partial charge is 0.384 e. The molecule has 0 spiro atoms. The third kappa shape index (κ3) is 3.47. The Balaban J connectivity index is 1.47. The molecule has 2 aromatic carbocycles. The first-order valence-electron chi connectivity index (χ1n) is 9.60. The van der Waals surface area contributed by atoms with Crippen molar-refractivity contribution in [3.63, 3.8) is 0 Å². The van der Waals surface area contributed by atoms with E-state index in [0.29, 0.717) is 6.61 Å². The molecule has 1 heterocycles. The molecule has 1 aliphatic rings. The van der Waals surface area contributed by atoms with Gasteiger partial charge in [0.2, 0.25) is 0 Å². The molecule has 1 atom stereocenters. The lowest BCUT2D eigenvalue weighted by Crippen LogP contribution is -2.31. The van der Waals surface area contributed by atoms with Crippen molar-refractivity contribution in [3.8, 4) is 0 Å². The van der Waals surface area contributed by atoms with Gasteiger partial charge in [0, 0.05) is 17.9 Å². The number of H-pyrrole nitrogens is 1. The second-order valence-corrected chi connectivity index (χ2v) is 8.06. The van der Waals surface area contributed by atoms with Gasteiger partial charge in [-0.15, -0.1) is 0 Å². The topological polar surface area (TPSA) is 79.0 Å². The number of nitrogens with one attached hydrogen (secondary N) is 3. The van der Waals surface area contributed by atoms with Crippen molar-refractivity contribution in [3.05, 3.63) is 59.3 Å². The highest BCUT2D eigenvalue weighted by Gasteiger charge is 2.27. The number of fused-ring (bicyclic) bond motifs is 2. The molecule has 1 aromatic heterocycles. The number of nitrogens with zero attached hydrogens (tertiary/aromatic N) is 1. The van der Waals surface area contributed by atoms with E-state index in [4.69, 9.17) is 4.74 Å². The lowest BCUT2D eigenvalue weighted by Gasteiger charge is -2.25. The number of methoxy groups -OCH3 is 1. The maximum atomic E-state index is 12.6. The summed E-state index contributed by atoms with van der Waals surface area (Å²) < 4.78 is 5.36. The number of hydrogen-bond acceptors (Lipinski definition) is 3. The van der Waals surface area contributed by atoms with Crippen molar-refractivity contribution < 1.29 is 9.53 Å². The average molecular weight is 378 g/mol. The maximum absolute atomic E-state index is 12.6.